The van der Waals surface area contributed by atoms with E-state index in [0.717, 1.165) is 28.3 Å². The van der Waals surface area contributed by atoms with E-state index in [0.29, 0.717) is 24.8 Å². The Morgan fingerprint density at radius 1 is 1.12 bits per heavy atom. The second-order valence-electron chi connectivity index (χ2n) is 8.83. The van der Waals surface area contributed by atoms with E-state index >= 15 is 0 Å². The monoisotopic (exact) mass is 452 g/mol. The largest absolute Gasteiger partial charge is 0.496 e. The molecule has 0 spiro atoms. The molecule has 1 N–H and O–H groups in total. The molecular formula is C26H32N2O5. The molecule has 3 rings (SSSR count). The lowest BCUT2D eigenvalue weighted by atomic mass is 10.1. The van der Waals surface area contributed by atoms with Crippen LogP contribution in [0, 0.1) is 5.92 Å². The molecule has 33 heavy (non-hydrogen) atoms. The molecule has 0 unspecified atom stereocenters. The van der Waals surface area contributed by atoms with Crippen molar-refractivity contribution in [1.82, 2.24) is 9.78 Å². The summed E-state index contributed by atoms with van der Waals surface area (Å²) < 4.78 is 18.9. The van der Waals surface area contributed by atoms with E-state index in [9.17, 15) is 9.90 Å². The van der Waals surface area contributed by atoms with Gasteiger partial charge >= 0.3 is 5.97 Å². The second kappa shape index (κ2) is 10.5. The highest BCUT2D eigenvalue weighted by Crippen LogP contribution is 2.28. The van der Waals surface area contributed by atoms with Gasteiger partial charge in [0.15, 0.2) is 5.60 Å². The topological polar surface area (TPSA) is 82.8 Å². The molecule has 7 heteroatoms. The van der Waals surface area contributed by atoms with Crippen molar-refractivity contribution in [1.29, 1.82) is 0 Å². The summed E-state index contributed by atoms with van der Waals surface area (Å²) in [7, 11) is 1.64. The fraction of sp³-hybridized carbons (Fsp3) is 0.385. The molecule has 0 saturated heterocycles. The standard InChI is InChI=1S/C26H32N2O5/c1-18(2)16-32-22-11-8-10-19(13-22)23-14-21(17-33-26(3,4)25(29)30)27-28(23)15-20-9-6-7-12-24(20)31-5/h6-14,18H,15-17H2,1-5H3,(H,29,30). The predicted molar refractivity (Wildman–Crippen MR) is 127 cm³/mol. The normalized spacial score (nSPS) is 11.6. The zero-order chi connectivity index (χ0) is 24.0. The molecule has 0 atom stereocenters. The lowest BCUT2D eigenvalue weighted by Crippen LogP contribution is -2.34. The number of carboxylic acid groups (broad SMARTS) is 1. The Morgan fingerprint density at radius 2 is 1.88 bits per heavy atom. The number of hydrogen-bond acceptors (Lipinski definition) is 5. The van der Waals surface area contributed by atoms with Gasteiger partial charge in [-0.3, -0.25) is 4.68 Å². The average Bonchev–Trinajstić information content (AvgIpc) is 3.19. The molecule has 0 amide bonds. The number of carbonyl (C=O) groups is 1. The third-order valence-corrected chi connectivity index (χ3v) is 5.15. The van der Waals surface area contributed by atoms with Crippen molar-refractivity contribution in [2.45, 2.75) is 46.4 Å². The Bertz CT molecular complexity index is 1090. The number of aromatic nitrogens is 2. The van der Waals surface area contributed by atoms with E-state index in [2.05, 4.69) is 13.8 Å². The SMILES string of the molecule is COc1ccccc1Cn1nc(COC(C)(C)C(=O)O)cc1-c1cccc(OCC(C)C)c1. The quantitative estimate of drug-likeness (QED) is 0.440. The number of hydrogen-bond donors (Lipinski definition) is 1. The van der Waals surface area contributed by atoms with Gasteiger partial charge in [-0.2, -0.15) is 5.10 Å². The summed E-state index contributed by atoms with van der Waals surface area (Å²) >= 11 is 0. The number of benzene rings is 2. The van der Waals surface area contributed by atoms with Crippen LogP contribution >= 0.6 is 0 Å². The van der Waals surface area contributed by atoms with Gasteiger partial charge in [0.25, 0.3) is 0 Å². The molecule has 176 valence electrons. The third-order valence-electron chi connectivity index (χ3n) is 5.15. The maximum absolute atomic E-state index is 11.4. The number of aliphatic carboxylic acids is 1. The minimum absolute atomic E-state index is 0.0781. The molecule has 0 fully saturated rings. The highest BCUT2D eigenvalue weighted by Gasteiger charge is 2.28. The van der Waals surface area contributed by atoms with Crippen LogP contribution in [0.4, 0.5) is 0 Å². The summed E-state index contributed by atoms with van der Waals surface area (Å²) in [5, 5.41) is 14.1. The van der Waals surface area contributed by atoms with Crippen LogP contribution in [0.5, 0.6) is 11.5 Å². The Balaban J connectivity index is 1.95. The van der Waals surface area contributed by atoms with Gasteiger partial charge in [0.05, 0.1) is 38.3 Å². The number of carboxylic acids is 1. The van der Waals surface area contributed by atoms with Crippen LogP contribution in [0.1, 0.15) is 39.0 Å². The zero-order valence-electron chi connectivity index (χ0n) is 19.9. The summed E-state index contributed by atoms with van der Waals surface area (Å²) in [4.78, 5) is 11.4. The lowest BCUT2D eigenvalue weighted by molar-refractivity contribution is -0.162. The Labute approximate surface area is 194 Å². The molecule has 0 saturated carbocycles. The van der Waals surface area contributed by atoms with Gasteiger partial charge in [-0.25, -0.2) is 4.79 Å². The molecule has 7 nitrogen and oxygen atoms in total. The maximum atomic E-state index is 11.4. The molecule has 0 radical (unpaired) electrons. The maximum Gasteiger partial charge on any atom is 0.335 e. The number of ether oxygens (including phenoxy) is 3. The molecule has 0 bridgehead atoms. The summed E-state index contributed by atoms with van der Waals surface area (Å²) in [5.74, 6) is 0.964. The van der Waals surface area contributed by atoms with E-state index in [1.807, 2.05) is 59.3 Å². The Morgan fingerprint density at radius 3 is 2.58 bits per heavy atom. The van der Waals surface area contributed by atoms with Gasteiger partial charge in [0, 0.05) is 11.1 Å². The summed E-state index contributed by atoms with van der Waals surface area (Å²) in [5.41, 5.74) is 2.14. The first-order valence-electron chi connectivity index (χ1n) is 11.0. The average molecular weight is 453 g/mol. The van der Waals surface area contributed by atoms with Crippen molar-refractivity contribution in [3.8, 4) is 22.8 Å². The van der Waals surface area contributed by atoms with Crippen LogP contribution in [0.25, 0.3) is 11.3 Å². The minimum atomic E-state index is -1.31. The molecular weight excluding hydrogens is 420 g/mol. The fourth-order valence-corrected chi connectivity index (χ4v) is 3.21. The smallest absolute Gasteiger partial charge is 0.335 e. The van der Waals surface area contributed by atoms with Crippen LogP contribution in [0.15, 0.2) is 54.6 Å². The van der Waals surface area contributed by atoms with Crippen molar-refractivity contribution in [2.24, 2.45) is 5.92 Å². The van der Waals surface area contributed by atoms with Crippen molar-refractivity contribution in [3.63, 3.8) is 0 Å². The van der Waals surface area contributed by atoms with Crippen LogP contribution in [0.3, 0.4) is 0 Å². The van der Waals surface area contributed by atoms with Crippen molar-refractivity contribution < 1.29 is 24.1 Å². The molecule has 0 aliphatic heterocycles. The Hall–Kier alpha value is -3.32. The van der Waals surface area contributed by atoms with E-state index in [4.69, 9.17) is 19.3 Å². The van der Waals surface area contributed by atoms with E-state index in [-0.39, 0.29) is 6.61 Å². The number of methoxy groups -OCH3 is 1. The first-order valence-corrected chi connectivity index (χ1v) is 11.0. The van der Waals surface area contributed by atoms with Gasteiger partial charge in [0.1, 0.15) is 11.5 Å². The second-order valence-corrected chi connectivity index (χ2v) is 8.83. The van der Waals surface area contributed by atoms with Crippen LogP contribution < -0.4 is 9.47 Å². The number of nitrogens with zero attached hydrogens (tertiary/aromatic N) is 2. The van der Waals surface area contributed by atoms with Gasteiger partial charge in [-0.15, -0.1) is 0 Å². The number of rotatable bonds is 11. The molecule has 3 aromatic rings. The first-order chi connectivity index (χ1) is 15.7. The van der Waals surface area contributed by atoms with Gasteiger partial charge < -0.3 is 19.3 Å². The highest BCUT2D eigenvalue weighted by molar-refractivity contribution is 5.76. The summed E-state index contributed by atoms with van der Waals surface area (Å²) in [6.45, 7) is 8.46. The van der Waals surface area contributed by atoms with E-state index in [1.54, 1.807) is 7.11 Å². The van der Waals surface area contributed by atoms with Gasteiger partial charge in [-0.05, 0) is 44.0 Å². The molecule has 1 aromatic heterocycles. The third kappa shape index (κ3) is 6.35. The van der Waals surface area contributed by atoms with E-state index < -0.39 is 11.6 Å². The van der Waals surface area contributed by atoms with Crippen molar-refractivity contribution in [2.75, 3.05) is 13.7 Å². The van der Waals surface area contributed by atoms with Gasteiger partial charge in [0.2, 0.25) is 0 Å². The predicted octanol–water partition coefficient (Wildman–Crippen LogP) is 5.02. The van der Waals surface area contributed by atoms with Crippen molar-refractivity contribution >= 4 is 5.97 Å². The van der Waals surface area contributed by atoms with Crippen LogP contribution in [-0.2, 0) is 22.7 Å². The summed E-state index contributed by atoms with van der Waals surface area (Å²) in [6.07, 6.45) is 0. The molecule has 2 aromatic carbocycles. The highest BCUT2D eigenvalue weighted by atomic mass is 16.5. The zero-order valence-corrected chi connectivity index (χ0v) is 19.9. The van der Waals surface area contributed by atoms with Crippen molar-refractivity contribution in [3.05, 3.63) is 65.9 Å². The Kier molecular flexibility index (Phi) is 7.76. The van der Waals surface area contributed by atoms with Crippen LogP contribution in [0.2, 0.25) is 0 Å². The van der Waals surface area contributed by atoms with Gasteiger partial charge in [-0.1, -0.05) is 44.2 Å². The number of para-hydroxylation sites is 1. The minimum Gasteiger partial charge on any atom is -0.496 e. The first kappa shape index (κ1) is 24.3. The van der Waals surface area contributed by atoms with E-state index in [1.165, 1.54) is 13.8 Å². The summed E-state index contributed by atoms with van der Waals surface area (Å²) in [6, 6.07) is 17.6. The molecule has 1 heterocycles. The van der Waals surface area contributed by atoms with Crippen LogP contribution in [-0.4, -0.2) is 40.2 Å². The molecule has 0 aliphatic carbocycles. The lowest BCUT2D eigenvalue weighted by Gasteiger charge is -2.19. The fourth-order valence-electron chi connectivity index (χ4n) is 3.21. The molecule has 0 aliphatic rings.